The van der Waals surface area contributed by atoms with E-state index >= 15 is 0 Å². The summed E-state index contributed by atoms with van der Waals surface area (Å²) in [6.45, 7) is 0.474. The van der Waals surface area contributed by atoms with Crippen LogP contribution >= 0.6 is 0 Å². The van der Waals surface area contributed by atoms with Crippen LogP contribution in [0.1, 0.15) is 17.5 Å². The van der Waals surface area contributed by atoms with Crippen LogP contribution in [0, 0.1) is 11.8 Å². The molecule has 1 N–H and O–H groups in total. The van der Waals surface area contributed by atoms with Gasteiger partial charge < -0.3 is 5.32 Å². The summed E-state index contributed by atoms with van der Waals surface area (Å²) >= 11 is 0. The maximum Gasteiger partial charge on any atom is 0.417 e. The highest BCUT2D eigenvalue weighted by Crippen LogP contribution is 2.31. The first-order valence-electron chi connectivity index (χ1n) is 7.64. The van der Waals surface area contributed by atoms with Crippen molar-refractivity contribution < 1.29 is 13.2 Å². The van der Waals surface area contributed by atoms with E-state index in [0.717, 1.165) is 17.0 Å². The number of nitrogens with zero attached hydrogens (tertiary/aromatic N) is 2. The Labute approximate surface area is 142 Å². The van der Waals surface area contributed by atoms with Gasteiger partial charge in [0.1, 0.15) is 12.1 Å². The molecule has 0 fully saturated rings. The molecule has 25 heavy (non-hydrogen) atoms. The molecule has 6 heteroatoms. The summed E-state index contributed by atoms with van der Waals surface area (Å²) in [4.78, 5) is 8.36. The first-order valence-corrected chi connectivity index (χ1v) is 7.64. The number of para-hydroxylation sites is 1. The largest absolute Gasteiger partial charge is 0.417 e. The van der Waals surface area contributed by atoms with E-state index in [2.05, 4.69) is 27.1 Å². The van der Waals surface area contributed by atoms with Gasteiger partial charge in [-0.2, -0.15) is 13.2 Å². The molecule has 2 aromatic carbocycles. The lowest BCUT2D eigenvalue weighted by Gasteiger charge is -2.08. The summed E-state index contributed by atoms with van der Waals surface area (Å²) in [7, 11) is 0. The van der Waals surface area contributed by atoms with Crippen LogP contribution < -0.4 is 5.32 Å². The predicted molar refractivity (Wildman–Crippen MR) is 91.0 cm³/mol. The van der Waals surface area contributed by atoms with E-state index < -0.39 is 11.7 Å². The van der Waals surface area contributed by atoms with Crippen molar-refractivity contribution in [2.24, 2.45) is 0 Å². The molecule has 0 saturated carbocycles. The van der Waals surface area contributed by atoms with Crippen LogP contribution in [0.3, 0.4) is 0 Å². The Morgan fingerprint density at radius 3 is 2.56 bits per heavy atom. The fourth-order valence-corrected chi connectivity index (χ4v) is 2.39. The van der Waals surface area contributed by atoms with Gasteiger partial charge in [0.05, 0.1) is 11.1 Å². The van der Waals surface area contributed by atoms with Gasteiger partial charge in [0, 0.05) is 23.9 Å². The molecule has 1 heterocycles. The number of rotatable bonds is 3. The maximum atomic E-state index is 12.9. The number of anilines is 1. The van der Waals surface area contributed by atoms with Gasteiger partial charge in [-0.3, -0.25) is 0 Å². The summed E-state index contributed by atoms with van der Waals surface area (Å²) in [5.74, 6) is 6.06. The zero-order valence-corrected chi connectivity index (χ0v) is 13.1. The highest BCUT2D eigenvalue weighted by molar-refractivity contribution is 5.88. The molecule has 3 nitrogen and oxygen atoms in total. The number of benzene rings is 2. The zero-order valence-electron chi connectivity index (χ0n) is 13.1. The monoisotopic (exact) mass is 341 g/mol. The Morgan fingerprint density at radius 2 is 1.72 bits per heavy atom. The summed E-state index contributed by atoms with van der Waals surface area (Å²) in [5.41, 5.74) is 0.102. The Balaban J connectivity index is 1.66. The third kappa shape index (κ3) is 4.07. The molecule has 0 saturated heterocycles. The molecular weight excluding hydrogens is 327 g/mol. The summed E-state index contributed by atoms with van der Waals surface area (Å²) in [5, 5.41) is 4.03. The molecule has 0 unspecified atom stereocenters. The number of hydrogen-bond donors (Lipinski definition) is 1. The molecule has 0 bridgehead atoms. The lowest BCUT2D eigenvalue weighted by Crippen LogP contribution is -2.07. The minimum Gasteiger partial charge on any atom is -0.368 e. The van der Waals surface area contributed by atoms with Crippen molar-refractivity contribution in [3.8, 4) is 11.8 Å². The van der Waals surface area contributed by atoms with Crippen LogP contribution in [0.2, 0.25) is 0 Å². The summed E-state index contributed by atoms with van der Waals surface area (Å²) in [6, 6.07) is 12.9. The summed E-state index contributed by atoms with van der Waals surface area (Å²) in [6.07, 6.45) is -2.54. The van der Waals surface area contributed by atoms with Crippen molar-refractivity contribution in [3.05, 3.63) is 66.0 Å². The highest BCUT2D eigenvalue weighted by Gasteiger charge is 2.32. The molecule has 3 aromatic rings. The first kappa shape index (κ1) is 16.8. The Morgan fingerprint density at radius 1 is 0.960 bits per heavy atom. The van der Waals surface area contributed by atoms with Crippen molar-refractivity contribution in [2.75, 3.05) is 11.9 Å². The Kier molecular flexibility index (Phi) is 4.85. The normalized spacial score (nSPS) is 11.0. The van der Waals surface area contributed by atoms with Crippen LogP contribution in [-0.4, -0.2) is 16.5 Å². The molecule has 126 valence electrons. The Bertz CT molecular complexity index is 934. The van der Waals surface area contributed by atoms with Crippen LogP contribution in [0.15, 0.2) is 54.9 Å². The topological polar surface area (TPSA) is 37.8 Å². The molecule has 0 radical (unpaired) electrons. The second-order valence-electron chi connectivity index (χ2n) is 5.26. The van der Waals surface area contributed by atoms with Crippen molar-refractivity contribution in [3.63, 3.8) is 0 Å². The maximum absolute atomic E-state index is 12.9. The molecule has 0 aliphatic heterocycles. The molecule has 0 aliphatic carbocycles. The van der Waals surface area contributed by atoms with Crippen LogP contribution in [0.5, 0.6) is 0 Å². The molecule has 0 atom stereocenters. The third-order valence-corrected chi connectivity index (χ3v) is 3.54. The number of alkyl halides is 3. The smallest absolute Gasteiger partial charge is 0.368 e. The van der Waals surface area contributed by atoms with E-state index in [0.29, 0.717) is 18.8 Å². The second kappa shape index (κ2) is 7.22. The van der Waals surface area contributed by atoms with Gasteiger partial charge in [-0.05, 0) is 24.3 Å². The number of hydrogen-bond acceptors (Lipinski definition) is 3. The molecule has 1 aromatic heterocycles. The second-order valence-corrected chi connectivity index (χ2v) is 5.26. The number of halogens is 3. The van der Waals surface area contributed by atoms with Gasteiger partial charge in [0.15, 0.2) is 0 Å². The average molecular weight is 341 g/mol. The number of nitrogens with one attached hydrogen (secondary N) is 1. The minimum absolute atomic E-state index is 0.0116. The van der Waals surface area contributed by atoms with Gasteiger partial charge in [-0.25, -0.2) is 9.97 Å². The SMILES string of the molecule is FC(F)(F)c1ccccc1C#CCCNc1ncnc2ccccc12. The van der Waals surface area contributed by atoms with Crippen LogP contribution in [0.25, 0.3) is 10.9 Å². The van der Waals surface area contributed by atoms with E-state index in [9.17, 15) is 13.2 Å². The number of fused-ring (bicyclic) bond motifs is 1. The van der Waals surface area contributed by atoms with Gasteiger partial charge >= 0.3 is 6.18 Å². The lowest BCUT2D eigenvalue weighted by molar-refractivity contribution is -0.137. The van der Waals surface area contributed by atoms with E-state index in [1.165, 1.54) is 18.5 Å². The minimum atomic E-state index is -4.40. The fourth-order valence-electron chi connectivity index (χ4n) is 2.39. The molecule has 3 rings (SSSR count). The van der Waals surface area contributed by atoms with Crippen LogP contribution in [-0.2, 0) is 6.18 Å². The zero-order chi connectivity index (χ0) is 17.7. The highest BCUT2D eigenvalue weighted by atomic mass is 19.4. The van der Waals surface area contributed by atoms with Crippen molar-refractivity contribution in [2.45, 2.75) is 12.6 Å². The lowest BCUT2D eigenvalue weighted by atomic mass is 10.1. The Hall–Kier alpha value is -3.07. The molecule has 0 spiro atoms. The van der Waals surface area contributed by atoms with Gasteiger partial charge in [-0.15, -0.1) is 0 Å². The fraction of sp³-hybridized carbons (Fsp3) is 0.158. The van der Waals surface area contributed by atoms with Crippen LogP contribution in [0.4, 0.5) is 19.0 Å². The first-order chi connectivity index (χ1) is 12.1. The van der Waals surface area contributed by atoms with Gasteiger partial charge in [0.2, 0.25) is 0 Å². The van der Waals surface area contributed by atoms with E-state index in [-0.39, 0.29) is 5.56 Å². The predicted octanol–water partition coefficient (Wildman–Crippen LogP) is 4.50. The quantitative estimate of drug-likeness (QED) is 0.563. The average Bonchev–Trinajstić information content (AvgIpc) is 2.61. The summed E-state index contributed by atoms with van der Waals surface area (Å²) < 4.78 is 38.7. The third-order valence-electron chi connectivity index (χ3n) is 3.54. The van der Waals surface area contributed by atoms with Crippen molar-refractivity contribution in [1.29, 1.82) is 0 Å². The number of aromatic nitrogens is 2. The molecule has 0 amide bonds. The van der Waals surface area contributed by atoms with Crippen molar-refractivity contribution >= 4 is 16.7 Å². The van der Waals surface area contributed by atoms with E-state index in [1.807, 2.05) is 24.3 Å². The van der Waals surface area contributed by atoms with E-state index in [1.54, 1.807) is 6.07 Å². The van der Waals surface area contributed by atoms with Crippen molar-refractivity contribution in [1.82, 2.24) is 9.97 Å². The molecular formula is C19H14F3N3. The van der Waals surface area contributed by atoms with Gasteiger partial charge in [-0.1, -0.05) is 36.1 Å². The van der Waals surface area contributed by atoms with Gasteiger partial charge in [0.25, 0.3) is 0 Å². The van der Waals surface area contributed by atoms with E-state index in [4.69, 9.17) is 0 Å². The molecule has 0 aliphatic rings. The standard InChI is InChI=1S/C19H14F3N3/c20-19(21,22)16-10-3-1-7-14(16)8-5-6-12-23-18-15-9-2-4-11-17(15)24-13-25-18/h1-4,7,9-11,13H,6,12H2,(H,23,24,25).